The van der Waals surface area contributed by atoms with Crippen LogP contribution in [-0.2, 0) is 14.3 Å². The number of rotatable bonds is 6. The van der Waals surface area contributed by atoms with Crippen molar-refractivity contribution in [1.29, 1.82) is 0 Å². The van der Waals surface area contributed by atoms with E-state index in [0.717, 1.165) is 5.56 Å². The Morgan fingerprint density at radius 2 is 1.87 bits per heavy atom. The van der Waals surface area contributed by atoms with Crippen molar-refractivity contribution in [3.05, 3.63) is 72.7 Å². The Bertz CT molecular complexity index is 1060. The highest BCUT2D eigenvalue weighted by atomic mass is 79.9. The molecule has 2 aromatic carbocycles. The van der Waals surface area contributed by atoms with Crippen molar-refractivity contribution in [2.45, 2.75) is 19.3 Å². The fraction of sp³-hybridized carbons (Fsp3) is 0.273. The molecule has 0 aliphatic heterocycles. The van der Waals surface area contributed by atoms with E-state index in [1.54, 1.807) is 32.2 Å². The molecule has 2 atom stereocenters. The molecule has 2 aromatic rings. The van der Waals surface area contributed by atoms with Gasteiger partial charge in [-0.25, -0.2) is 0 Å². The van der Waals surface area contributed by atoms with Gasteiger partial charge in [-0.1, -0.05) is 18.2 Å². The van der Waals surface area contributed by atoms with Gasteiger partial charge >= 0.3 is 5.97 Å². The van der Waals surface area contributed by atoms with Crippen LogP contribution in [0.25, 0.3) is 5.57 Å². The minimum atomic E-state index is -1.14. The molecule has 0 spiro atoms. The van der Waals surface area contributed by atoms with Crippen molar-refractivity contribution >= 4 is 54.9 Å². The van der Waals surface area contributed by atoms with Crippen molar-refractivity contribution in [2.24, 2.45) is 5.92 Å². The number of hydrogen-bond acceptors (Lipinski definition) is 6. The van der Waals surface area contributed by atoms with E-state index in [-0.39, 0.29) is 18.7 Å². The predicted molar refractivity (Wildman–Crippen MR) is 122 cm³/mol. The number of carbonyl (C=O) groups is 2. The van der Waals surface area contributed by atoms with E-state index in [9.17, 15) is 19.7 Å². The average Bonchev–Trinajstić information content (AvgIpc) is 2.73. The summed E-state index contributed by atoms with van der Waals surface area (Å²) >= 11 is 6.91. The number of nitrogens with zero attached hydrogens (tertiary/aromatic N) is 1. The first kappa shape index (κ1) is 23.1. The van der Waals surface area contributed by atoms with Gasteiger partial charge in [0, 0.05) is 17.5 Å². The van der Waals surface area contributed by atoms with E-state index < -0.39 is 28.5 Å². The van der Waals surface area contributed by atoms with Crippen LogP contribution in [0.4, 0.5) is 5.69 Å². The summed E-state index contributed by atoms with van der Waals surface area (Å²) in [5.74, 6) is -2.39. The minimum absolute atomic E-state index is 0.112. The summed E-state index contributed by atoms with van der Waals surface area (Å²) in [6.45, 7) is 1.76. The lowest BCUT2D eigenvalue weighted by atomic mass is 9.73. The Labute approximate surface area is 195 Å². The summed E-state index contributed by atoms with van der Waals surface area (Å²) in [5, 5.41) is 11.6. The first-order valence-corrected chi connectivity index (χ1v) is 11.0. The Balaban J connectivity index is 2.13. The second-order valence-corrected chi connectivity index (χ2v) is 8.61. The molecule has 0 saturated heterocycles. The molecule has 1 aliphatic carbocycles. The largest absolute Gasteiger partial charge is 0.494 e. The van der Waals surface area contributed by atoms with Gasteiger partial charge < -0.3 is 9.47 Å². The van der Waals surface area contributed by atoms with Crippen LogP contribution in [0.2, 0.25) is 0 Å². The van der Waals surface area contributed by atoms with E-state index in [1.165, 1.54) is 12.1 Å². The summed E-state index contributed by atoms with van der Waals surface area (Å²) < 4.78 is 11.8. The zero-order valence-electron chi connectivity index (χ0n) is 16.8. The van der Waals surface area contributed by atoms with Crippen molar-refractivity contribution in [2.75, 3.05) is 13.7 Å². The molecule has 0 radical (unpaired) electrons. The number of ketones is 1. The van der Waals surface area contributed by atoms with Gasteiger partial charge in [0.2, 0.25) is 0 Å². The van der Waals surface area contributed by atoms with Crippen LogP contribution in [-0.4, -0.2) is 30.4 Å². The highest BCUT2D eigenvalue weighted by Gasteiger charge is 2.42. The summed E-state index contributed by atoms with van der Waals surface area (Å²) in [6.07, 6.45) is 1.68. The van der Waals surface area contributed by atoms with Gasteiger partial charge in [0.05, 0.1) is 27.6 Å². The number of benzene rings is 2. The van der Waals surface area contributed by atoms with Crippen LogP contribution in [0.3, 0.4) is 0 Å². The molecular formula is C22H19Br2NO6. The Hall–Kier alpha value is -2.52. The van der Waals surface area contributed by atoms with Crippen LogP contribution >= 0.6 is 31.9 Å². The highest BCUT2D eigenvalue weighted by Crippen LogP contribution is 2.45. The van der Waals surface area contributed by atoms with Crippen molar-refractivity contribution < 1.29 is 24.0 Å². The number of nitro groups is 1. The van der Waals surface area contributed by atoms with Gasteiger partial charge in [-0.15, -0.1) is 0 Å². The number of allylic oxidation sites excluding steroid dienone is 2. The first-order chi connectivity index (χ1) is 14.8. The van der Waals surface area contributed by atoms with Crippen LogP contribution in [0, 0.1) is 16.0 Å². The zero-order chi connectivity index (χ0) is 22.7. The van der Waals surface area contributed by atoms with E-state index in [2.05, 4.69) is 31.9 Å². The van der Waals surface area contributed by atoms with Gasteiger partial charge in [-0.3, -0.25) is 19.7 Å². The molecule has 7 nitrogen and oxygen atoms in total. The van der Waals surface area contributed by atoms with Crippen molar-refractivity contribution in [3.8, 4) is 5.75 Å². The molecule has 0 saturated carbocycles. The summed E-state index contributed by atoms with van der Waals surface area (Å²) in [4.78, 5) is 36.8. The van der Waals surface area contributed by atoms with Gasteiger partial charge in [0.1, 0.15) is 11.7 Å². The maximum absolute atomic E-state index is 13.1. The molecule has 0 heterocycles. The molecule has 1 aliphatic rings. The molecule has 0 bridgehead atoms. The molecule has 2 unspecified atom stereocenters. The first-order valence-electron chi connectivity index (χ1n) is 9.46. The number of ether oxygens (including phenoxy) is 2. The SMILES string of the molecule is CCOC(=O)C1C(=O)C=C(c2cc(Br)c(OC)c(Br)c2)CC1c1ccccc1[N+](=O)[O-]. The number of nitro benzene ring substituents is 1. The smallest absolute Gasteiger partial charge is 0.317 e. The number of hydrogen-bond donors (Lipinski definition) is 0. The Morgan fingerprint density at radius 3 is 2.45 bits per heavy atom. The molecular weight excluding hydrogens is 534 g/mol. The van der Waals surface area contributed by atoms with Crippen LogP contribution < -0.4 is 4.74 Å². The summed E-state index contributed by atoms with van der Waals surface area (Å²) in [6, 6.07) is 9.80. The number of esters is 1. The van der Waals surface area contributed by atoms with E-state index in [4.69, 9.17) is 9.47 Å². The molecule has 3 rings (SSSR count). The second-order valence-electron chi connectivity index (χ2n) is 6.90. The molecule has 162 valence electrons. The fourth-order valence-electron chi connectivity index (χ4n) is 3.78. The third kappa shape index (κ3) is 4.72. The quantitative estimate of drug-likeness (QED) is 0.205. The maximum atomic E-state index is 13.1. The molecule has 31 heavy (non-hydrogen) atoms. The van der Waals surface area contributed by atoms with Gasteiger partial charge in [0.25, 0.3) is 5.69 Å². The van der Waals surface area contributed by atoms with Gasteiger partial charge in [-0.2, -0.15) is 0 Å². The fourth-order valence-corrected chi connectivity index (χ4v) is 5.29. The van der Waals surface area contributed by atoms with E-state index in [0.29, 0.717) is 25.8 Å². The molecule has 0 N–H and O–H groups in total. The van der Waals surface area contributed by atoms with Crippen molar-refractivity contribution in [3.63, 3.8) is 0 Å². The second kappa shape index (κ2) is 9.74. The number of carbonyl (C=O) groups excluding carboxylic acids is 2. The third-order valence-electron chi connectivity index (χ3n) is 5.11. The van der Waals surface area contributed by atoms with Gasteiger partial charge in [-0.05, 0) is 74.5 Å². The maximum Gasteiger partial charge on any atom is 0.317 e. The third-order valence-corrected chi connectivity index (χ3v) is 6.29. The topological polar surface area (TPSA) is 95.7 Å². The average molecular weight is 553 g/mol. The van der Waals surface area contributed by atoms with Crippen LogP contribution in [0.1, 0.15) is 30.4 Å². The van der Waals surface area contributed by atoms with Gasteiger partial charge in [0.15, 0.2) is 5.78 Å². The van der Waals surface area contributed by atoms with E-state index in [1.807, 2.05) is 12.1 Å². The lowest BCUT2D eigenvalue weighted by molar-refractivity contribution is -0.385. The highest BCUT2D eigenvalue weighted by molar-refractivity contribution is 9.11. The summed E-state index contributed by atoms with van der Waals surface area (Å²) in [7, 11) is 1.54. The lowest BCUT2D eigenvalue weighted by Gasteiger charge is -2.29. The molecule has 0 fully saturated rings. The number of methoxy groups -OCH3 is 1. The van der Waals surface area contributed by atoms with Crippen LogP contribution in [0.5, 0.6) is 5.75 Å². The lowest BCUT2D eigenvalue weighted by Crippen LogP contribution is -2.34. The molecule has 0 amide bonds. The van der Waals surface area contributed by atoms with Crippen LogP contribution in [0.15, 0.2) is 51.4 Å². The van der Waals surface area contributed by atoms with E-state index >= 15 is 0 Å². The summed E-state index contributed by atoms with van der Waals surface area (Å²) in [5.41, 5.74) is 1.60. The molecule has 0 aromatic heterocycles. The monoisotopic (exact) mass is 551 g/mol. The predicted octanol–water partition coefficient (Wildman–Crippen LogP) is 5.45. The Kier molecular flexibility index (Phi) is 7.27. The number of para-hydroxylation sites is 1. The zero-order valence-corrected chi connectivity index (χ0v) is 19.9. The van der Waals surface area contributed by atoms with Crippen molar-refractivity contribution in [1.82, 2.24) is 0 Å². The minimum Gasteiger partial charge on any atom is -0.494 e. The normalized spacial score (nSPS) is 18.3. The standard InChI is InChI=1S/C22H19Br2NO6/c1-3-31-22(27)20-15(14-6-4-5-7-18(14)25(28)29)8-12(11-19(20)26)13-9-16(23)21(30-2)17(24)10-13/h4-7,9-11,15,20H,3,8H2,1-2H3. The number of halogens is 2. The Morgan fingerprint density at radius 1 is 1.23 bits per heavy atom. The molecule has 9 heteroatoms.